The molecule has 0 bridgehead atoms. The largest absolute Gasteiger partial charge is 0.465 e. The van der Waals surface area contributed by atoms with Gasteiger partial charge in [0.1, 0.15) is 12.2 Å². The smallest absolute Gasteiger partial charge is 0.407 e. The Bertz CT molecular complexity index is 678. The maximum Gasteiger partial charge on any atom is 0.407 e. The summed E-state index contributed by atoms with van der Waals surface area (Å²) < 4.78 is 26.6. The molecule has 0 aromatic heterocycles. The van der Waals surface area contributed by atoms with Crippen molar-refractivity contribution in [3.8, 4) is 12.3 Å². The van der Waals surface area contributed by atoms with E-state index >= 15 is 0 Å². The normalized spacial score (nSPS) is 11.0. The van der Waals surface area contributed by atoms with E-state index in [1.54, 1.807) is 25.7 Å². The number of terminal acetylenes is 1. The van der Waals surface area contributed by atoms with Crippen LogP contribution in [0.3, 0.4) is 0 Å². The van der Waals surface area contributed by atoms with Gasteiger partial charge in [-0.3, -0.25) is 4.79 Å². The van der Waals surface area contributed by atoms with Crippen LogP contribution in [0, 0.1) is 12.3 Å². The SMILES string of the molecule is C#CCOCCOCCOCCOCCC(=O)N(CCCCNC(=O)O)CCCCNC(=O)OC(C)(C)C. The van der Waals surface area contributed by atoms with E-state index in [1.165, 1.54) is 0 Å². The quantitative estimate of drug-likeness (QED) is 0.130. The van der Waals surface area contributed by atoms with Crippen molar-refractivity contribution in [2.75, 3.05) is 79.0 Å². The molecule has 0 aliphatic carbocycles. The van der Waals surface area contributed by atoms with Crippen LogP contribution in [-0.2, 0) is 28.5 Å². The lowest BCUT2D eigenvalue weighted by Gasteiger charge is -2.23. The molecule has 0 radical (unpaired) electrons. The molecule has 0 saturated carbocycles. The molecule has 0 atom stereocenters. The van der Waals surface area contributed by atoms with Crippen molar-refractivity contribution in [3.63, 3.8) is 0 Å². The number of carbonyl (C=O) groups is 3. The maximum atomic E-state index is 12.7. The van der Waals surface area contributed by atoms with E-state index in [1.807, 2.05) is 0 Å². The molecule has 0 fully saturated rings. The fourth-order valence-electron chi connectivity index (χ4n) is 3.02. The fourth-order valence-corrected chi connectivity index (χ4v) is 3.02. The second-order valence-corrected chi connectivity index (χ2v) is 9.30. The summed E-state index contributed by atoms with van der Waals surface area (Å²) in [4.78, 5) is 36.8. The fraction of sp³-hybridized carbons (Fsp3) is 0.808. The maximum absolute atomic E-state index is 12.7. The van der Waals surface area contributed by atoms with Crippen molar-refractivity contribution in [1.29, 1.82) is 0 Å². The standard InChI is InChI=1S/C26H47N3O9/c1-5-15-34-17-19-36-21-22-37-20-18-35-16-10-23(30)29(13-8-6-11-27-24(31)32)14-9-7-12-28-25(33)38-26(2,3)4/h1,27H,6-22H2,2-4H3,(H,28,33)(H,31,32). The van der Waals surface area contributed by atoms with Crippen LogP contribution >= 0.6 is 0 Å². The lowest BCUT2D eigenvalue weighted by Crippen LogP contribution is -2.35. The Hall–Kier alpha value is -2.59. The van der Waals surface area contributed by atoms with Gasteiger partial charge in [-0.25, -0.2) is 9.59 Å². The van der Waals surface area contributed by atoms with Crippen LogP contribution in [0.5, 0.6) is 0 Å². The minimum Gasteiger partial charge on any atom is -0.465 e. The van der Waals surface area contributed by atoms with Crippen LogP contribution in [0.2, 0.25) is 0 Å². The van der Waals surface area contributed by atoms with E-state index in [0.717, 1.165) is 0 Å². The summed E-state index contributed by atoms with van der Waals surface area (Å²) >= 11 is 0. The number of hydrogen-bond donors (Lipinski definition) is 3. The highest BCUT2D eigenvalue weighted by molar-refractivity contribution is 5.76. The molecule has 0 saturated heterocycles. The first-order valence-corrected chi connectivity index (χ1v) is 13.1. The Morgan fingerprint density at radius 1 is 0.789 bits per heavy atom. The van der Waals surface area contributed by atoms with Gasteiger partial charge in [0.2, 0.25) is 5.91 Å². The summed E-state index contributed by atoms with van der Waals surface area (Å²) in [5.74, 6) is 2.35. The number of nitrogens with one attached hydrogen (secondary N) is 2. The number of amides is 3. The number of rotatable bonds is 23. The molecule has 3 amide bonds. The summed E-state index contributed by atoms with van der Waals surface area (Å²) in [6.45, 7) is 10.4. The summed E-state index contributed by atoms with van der Waals surface area (Å²) in [5, 5.41) is 13.7. The molecule has 220 valence electrons. The summed E-state index contributed by atoms with van der Waals surface area (Å²) in [5.41, 5.74) is -0.552. The molecule has 0 aliphatic heterocycles. The Morgan fingerprint density at radius 3 is 1.79 bits per heavy atom. The van der Waals surface area contributed by atoms with Crippen molar-refractivity contribution in [2.45, 2.75) is 58.5 Å². The van der Waals surface area contributed by atoms with Crippen LogP contribution in [0.4, 0.5) is 9.59 Å². The molecule has 12 nitrogen and oxygen atoms in total. The van der Waals surface area contributed by atoms with Crippen LogP contribution in [0.25, 0.3) is 0 Å². The first-order valence-electron chi connectivity index (χ1n) is 13.1. The lowest BCUT2D eigenvalue weighted by molar-refractivity contribution is -0.132. The predicted molar refractivity (Wildman–Crippen MR) is 142 cm³/mol. The number of ether oxygens (including phenoxy) is 5. The van der Waals surface area contributed by atoms with E-state index < -0.39 is 17.8 Å². The highest BCUT2D eigenvalue weighted by Crippen LogP contribution is 2.07. The topological polar surface area (TPSA) is 145 Å². The van der Waals surface area contributed by atoms with Crippen LogP contribution in [0.15, 0.2) is 0 Å². The zero-order chi connectivity index (χ0) is 28.5. The van der Waals surface area contributed by atoms with Crippen LogP contribution < -0.4 is 10.6 Å². The molecule has 0 aliphatic rings. The minimum atomic E-state index is -1.06. The van der Waals surface area contributed by atoms with Crippen LogP contribution in [-0.4, -0.2) is 113 Å². The Labute approximate surface area is 227 Å². The zero-order valence-corrected chi connectivity index (χ0v) is 23.3. The van der Waals surface area contributed by atoms with Gasteiger partial charge in [-0.05, 0) is 46.5 Å². The third-order valence-electron chi connectivity index (χ3n) is 4.77. The lowest BCUT2D eigenvalue weighted by atomic mass is 10.2. The van der Waals surface area contributed by atoms with Crippen molar-refractivity contribution in [1.82, 2.24) is 15.5 Å². The molecule has 0 unspecified atom stereocenters. The third kappa shape index (κ3) is 25.1. The van der Waals surface area contributed by atoms with E-state index in [0.29, 0.717) is 91.5 Å². The molecular formula is C26H47N3O9. The first-order chi connectivity index (χ1) is 18.2. The average Bonchev–Trinajstić information content (AvgIpc) is 2.83. The molecular weight excluding hydrogens is 498 g/mol. The number of nitrogens with zero attached hydrogens (tertiary/aromatic N) is 1. The van der Waals surface area contributed by atoms with Gasteiger partial charge in [-0.1, -0.05) is 5.92 Å². The van der Waals surface area contributed by atoms with Crippen molar-refractivity contribution >= 4 is 18.1 Å². The van der Waals surface area contributed by atoms with Gasteiger partial charge in [0.15, 0.2) is 0 Å². The van der Waals surface area contributed by atoms with Gasteiger partial charge >= 0.3 is 12.2 Å². The van der Waals surface area contributed by atoms with E-state index in [2.05, 4.69) is 16.6 Å². The number of unbranched alkanes of at least 4 members (excludes halogenated alkanes) is 2. The van der Waals surface area contributed by atoms with E-state index in [9.17, 15) is 14.4 Å². The number of carbonyl (C=O) groups excluding carboxylic acids is 2. The summed E-state index contributed by atoms with van der Waals surface area (Å²) in [6.07, 6.45) is 6.51. The molecule has 0 heterocycles. The second-order valence-electron chi connectivity index (χ2n) is 9.30. The van der Waals surface area contributed by atoms with Gasteiger partial charge in [-0.15, -0.1) is 6.42 Å². The Balaban J connectivity index is 4.11. The Kier molecular flexibility index (Phi) is 21.9. The van der Waals surface area contributed by atoms with Crippen molar-refractivity contribution < 1.29 is 43.2 Å². The van der Waals surface area contributed by atoms with Crippen molar-refractivity contribution in [3.05, 3.63) is 0 Å². The van der Waals surface area contributed by atoms with Gasteiger partial charge in [0, 0.05) is 26.2 Å². The van der Waals surface area contributed by atoms with Gasteiger partial charge < -0.3 is 44.3 Å². The monoisotopic (exact) mass is 545 g/mol. The first kappa shape index (κ1) is 35.4. The third-order valence-corrected chi connectivity index (χ3v) is 4.77. The van der Waals surface area contributed by atoms with Gasteiger partial charge in [-0.2, -0.15) is 0 Å². The molecule has 0 aromatic rings. The predicted octanol–water partition coefficient (Wildman–Crippen LogP) is 2.26. The number of carboxylic acid groups (broad SMARTS) is 1. The highest BCUT2D eigenvalue weighted by Gasteiger charge is 2.16. The van der Waals surface area contributed by atoms with Crippen LogP contribution in [0.1, 0.15) is 52.9 Å². The summed E-state index contributed by atoms with van der Waals surface area (Å²) in [7, 11) is 0. The average molecular weight is 546 g/mol. The summed E-state index contributed by atoms with van der Waals surface area (Å²) in [6, 6.07) is 0. The minimum absolute atomic E-state index is 0.0299. The number of hydrogen-bond acceptors (Lipinski definition) is 8. The molecule has 0 spiro atoms. The van der Waals surface area contributed by atoms with Crippen molar-refractivity contribution in [2.24, 2.45) is 0 Å². The molecule has 3 N–H and O–H groups in total. The molecule has 0 aromatic carbocycles. The highest BCUT2D eigenvalue weighted by atomic mass is 16.6. The zero-order valence-electron chi connectivity index (χ0n) is 23.3. The Morgan fingerprint density at radius 2 is 1.29 bits per heavy atom. The second kappa shape index (κ2) is 23.5. The van der Waals surface area contributed by atoms with Gasteiger partial charge in [0.25, 0.3) is 0 Å². The molecule has 0 rings (SSSR count). The molecule has 12 heteroatoms. The van der Waals surface area contributed by atoms with E-state index in [4.69, 9.17) is 35.2 Å². The van der Waals surface area contributed by atoms with E-state index in [-0.39, 0.29) is 25.5 Å². The van der Waals surface area contributed by atoms with Gasteiger partial charge in [0.05, 0.1) is 52.7 Å². The number of alkyl carbamates (subject to hydrolysis) is 1. The molecule has 38 heavy (non-hydrogen) atoms.